The molecule has 0 spiro atoms. The highest BCUT2D eigenvalue weighted by Gasteiger charge is 2.30. The lowest BCUT2D eigenvalue weighted by molar-refractivity contribution is -0.137. The Labute approximate surface area is 147 Å². The summed E-state index contributed by atoms with van der Waals surface area (Å²) in [6.45, 7) is 8.41. The van der Waals surface area contributed by atoms with Gasteiger partial charge in [0.15, 0.2) is 0 Å². The number of nitrogens with one attached hydrogen (secondary N) is 1. The molecule has 0 saturated carbocycles. The van der Waals surface area contributed by atoms with Crippen LogP contribution in [0.5, 0.6) is 0 Å². The number of hydrogen-bond donors (Lipinski definition) is 1. The number of nitrogens with zero attached hydrogens (tertiary/aromatic N) is 2. The van der Waals surface area contributed by atoms with Gasteiger partial charge in [-0.1, -0.05) is 19.1 Å². The molecular formula is C18H26F3N3O. The van der Waals surface area contributed by atoms with Crippen molar-refractivity contribution in [3.63, 3.8) is 0 Å². The van der Waals surface area contributed by atoms with E-state index >= 15 is 0 Å². The topological polar surface area (TPSA) is 35.6 Å². The molecule has 1 saturated heterocycles. The lowest BCUT2D eigenvalue weighted by Crippen LogP contribution is -2.53. The molecule has 25 heavy (non-hydrogen) atoms. The number of benzene rings is 1. The molecule has 140 valence electrons. The van der Waals surface area contributed by atoms with E-state index in [2.05, 4.69) is 15.1 Å². The standard InChI is InChI=1S/C18H26F3N3O/c1-3-8-22-17(25)14(2)24-11-9-23(10-12-24)13-15-4-6-16(7-5-15)18(19,20)21/h4-7,14H,3,8-13H2,1-2H3,(H,22,25)/t14-/m0/s1. The fraction of sp³-hybridized carbons (Fsp3) is 0.611. The van der Waals surface area contributed by atoms with Gasteiger partial charge in [-0.2, -0.15) is 13.2 Å². The third-order valence-electron chi connectivity index (χ3n) is 4.57. The van der Waals surface area contributed by atoms with Crippen molar-refractivity contribution in [3.8, 4) is 0 Å². The third-order valence-corrected chi connectivity index (χ3v) is 4.57. The molecule has 1 amide bonds. The molecule has 1 aromatic carbocycles. The Bertz CT molecular complexity index is 552. The van der Waals surface area contributed by atoms with E-state index in [4.69, 9.17) is 0 Å². The molecule has 1 atom stereocenters. The van der Waals surface area contributed by atoms with Crippen LogP contribution in [0.25, 0.3) is 0 Å². The molecule has 1 aliphatic heterocycles. The molecule has 0 aliphatic carbocycles. The van der Waals surface area contributed by atoms with Crippen molar-refractivity contribution in [3.05, 3.63) is 35.4 Å². The molecule has 0 radical (unpaired) electrons. The van der Waals surface area contributed by atoms with Crippen LogP contribution in [0.2, 0.25) is 0 Å². The van der Waals surface area contributed by atoms with Gasteiger partial charge in [0.1, 0.15) is 0 Å². The number of amides is 1. The molecular weight excluding hydrogens is 331 g/mol. The molecule has 0 bridgehead atoms. The second-order valence-corrected chi connectivity index (χ2v) is 6.47. The summed E-state index contributed by atoms with van der Waals surface area (Å²) in [6.07, 6.45) is -3.38. The summed E-state index contributed by atoms with van der Waals surface area (Å²) in [7, 11) is 0. The maximum Gasteiger partial charge on any atom is 0.416 e. The van der Waals surface area contributed by atoms with E-state index in [-0.39, 0.29) is 11.9 Å². The summed E-state index contributed by atoms with van der Waals surface area (Å²) in [5.74, 6) is 0.0537. The molecule has 4 nitrogen and oxygen atoms in total. The van der Waals surface area contributed by atoms with Crippen molar-refractivity contribution in [2.24, 2.45) is 0 Å². The average Bonchev–Trinajstić information content (AvgIpc) is 2.59. The van der Waals surface area contributed by atoms with Gasteiger partial charge < -0.3 is 5.32 Å². The highest BCUT2D eigenvalue weighted by atomic mass is 19.4. The van der Waals surface area contributed by atoms with Crippen molar-refractivity contribution >= 4 is 5.91 Å². The summed E-state index contributed by atoms with van der Waals surface area (Å²) >= 11 is 0. The Kier molecular flexibility index (Phi) is 6.84. The number of rotatable bonds is 6. The van der Waals surface area contributed by atoms with Crippen LogP contribution in [0.4, 0.5) is 13.2 Å². The number of halogens is 3. The quantitative estimate of drug-likeness (QED) is 0.850. The zero-order valence-electron chi connectivity index (χ0n) is 14.8. The van der Waals surface area contributed by atoms with Crippen molar-refractivity contribution < 1.29 is 18.0 Å². The second kappa shape index (κ2) is 8.67. The fourth-order valence-electron chi connectivity index (χ4n) is 2.93. The van der Waals surface area contributed by atoms with E-state index in [1.165, 1.54) is 12.1 Å². The van der Waals surface area contributed by atoms with Crippen LogP contribution in [0.15, 0.2) is 24.3 Å². The SMILES string of the molecule is CCCNC(=O)[C@H](C)N1CCN(Cc2ccc(C(F)(F)F)cc2)CC1. The minimum atomic E-state index is -4.29. The molecule has 1 aliphatic rings. The Morgan fingerprint density at radius 1 is 1.16 bits per heavy atom. The number of alkyl halides is 3. The van der Waals surface area contributed by atoms with Crippen molar-refractivity contribution in [2.45, 2.75) is 39.0 Å². The zero-order chi connectivity index (χ0) is 18.4. The summed E-state index contributed by atoms with van der Waals surface area (Å²) in [5.41, 5.74) is 0.253. The summed E-state index contributed by atoms with van der Waals surface area (Å²) < 4.78 is 37.8. The second-order valence-electron chi connectivity index (χ2n) is 6.47. The lowest BCUT2D eigenvalue weighted by atomic mass is 10.1. The molecule has 1 heterocycles. The van der Waals surface area contributed by atoms with Crippen molar-refractivity contribution in [1.29, 1.82) is 0 Å². The Hall–Kier alpha value is -1.60. The normalized spacial score (nSPS) is 18.1. The predicted octanol–water partition coefficient (Wildman–Crippen LogP) is 2.74. The van der Waals surface area contributed by atoms with Crippen molar-refractivity contribution in [1.82, 2.24) is 15.1 Å². The third kappa shape index (κ3) is 5.71. The average molecular weight is 357 g/mol. The van der Waals surface area contributed by atoms with Crippen LogP contribution in [0, 0.1) is 0 Å². The van der Waals surface area contributed by atoms with Gasteiger partial charge in [-0.15, -0.1) is 0 Å². The highest BCUT2D eigenvalue weighted by Crippen LogP contribution is 2.29. The minimum Gasteiger partial charge on any atom is -0.355 e. The molecule has 0 unspecified atom stereocenters. The van der Waals surface area contributed by atoms with Gasteiger partial charge in [0, 0.05) is 39.3 Å². The summed E-state index contributed by atoms with van der Waals surface area (Å²) in [6, 6.07) is 5.18. The van der Waals surface area contributed by atoms with Crippen LogP contribution in [0.1, 0.15) is 31.4 Å². The van der Waals surface area contributed by atoms with Gasteiger partial charge in [0.05, 0.1) is 11.6 Å². The Morgan fingerprint density at radius 2 is 1.76 bits per heavy atom. The largest absolute Gasteiger partial charge is 0.416 e. The molecule has 1 fully saturated rings. The first-order chi connectivity index (χ1) is 11.8. The van der Waals surface area contributed by atoms with E-state index in [1.807, 2.05) is 13.8 Å². The summed E-state index contributed by atoms with van der Waals surface area (Å²) in [4.78, 5) is 16.4. The van der Waals surface area contributed by atoms with Gasteiger partial charge in [-0.25, -0.2) is 0 Å². The summed E-state index contributed by atoms with van der Waals surface area (Å²) in [5, 5.41) is 2.91. The van der Waals surface area contributed by atoms with Gasteiger partial charge >= 0.3 is 6.18 Å². The molecule has 2 rings (SSSR count). The first-order valence-corrected chi connectivity index (χ1v) is 8.71. The van der Waals surface area contributed by atoms with Gasteiger partial charge in [0.2, 0.25) is 5.91 Å². The smallest absolute Gasteiger partial charge is 0.355 e. The van der Waals surface area contributed by atoms with Crippen LogP contribution in [-0.2, 0) is 17.5 Å². The molecule has 1 aromatic rings. The van der Waals surface area contributed by atoms with Crippen LogP contribution < -0.4 is 5.32 Å². The maximum absolute atomic E-state index is 12.6. The fourth-order valence-corrected chi connectivity index (χ4v) is 2.93. The van der Waals surface area contributed by atoms with Crippen LogP contribution >= 0.6 is 0 Å². The lowest BCUT2D eigenvalue weighted by Gasteiger charge is -2.37. The number of carbonyl (C=O) groups is 1. The number of piperazine rings is 1. The van der Waals surface area contributed by atoms with E-state index in [0.29, 0.717) is 13.1 Å². The Balaban J connectivity index is 1.81. The van der Waals surface area contributed by atoms with E-state index < -0.39 is 11.7 Å². The first-order valence-electron chi connectivity index (χ1n) is 8.71. The number of carbonyl (C=O) groups excluding carboxylic acids is 1. The van der Waals surface area contributed by atoms with Crippen LogP contribution in [0.3, 0.4) is 0 Å². The van der Waals surface area contributed by atoms with E-state index in [0.717, 1.165) is 50.3 Å². The van der Waals surface area contributed by atoms with Crippen molar-refractivity contribution in [2.75, 3.05) is 32.7 Å². The van der Waals surface area contributed by atoms with Gasteiger partial charge in [-0.05, 0) is 31.0 Å². The molecule has 7 heteroatoms. The van der Waals surface area contributed by atoms with E-state index in [9.17, 15) is 18.0 Å². The first kappa shape index (κ1) is 19.7. The maximum atomic E-state index is 12.6. The zero-order valence-corrected chi connectivity index (χ0v) is 14.8. The Morgan fingerprint density at radius 3 is 2.28 bits per heavy atom. The predicted molar refractivity (Wildman–Crippen MR) is 91.1 cm³/mol. The number of hydrogen-bond acceptors (Lipinski definition) is 3. The minimum absolute atomic E-state index is 0.0537. The van der Waals surface area contributed by atoms with Gasteiger partial charge in [0.25, 0.3) is 0 Å². The monoisotopic (exact) mass is 357 g/mol. The van der Waals surface area contributed by atoms with Gasteiger partial charge in [-0.3, -0.25) is 14.6 Å². The van der Waals surface area contributed by atoms with E-state index in [1.54, 1.807) is 0 Å². The molecule has 1 N–H and O–H groups in total. The molecule has 0 aromatic heterocycles. The highest BCUT2D eigenvalue weighted by molar-refractivity contribution is 5.81. The van der Waals surface area contributed by atoms with Crippen LogP contribution in [-0.4, -0.2) is 54.5 Å².